The van der Waals surface area contributed by atoms with Gasteiger partial charge in [-0.1, -0.05) is 39.3 Å². The summed E-state index contributed by atoms with van der Waals surface area (Å²) in [5.41, 5.74) is 2.58. The number of nitrogens with zero attached hydrogens (tertiary/aromatic N) is 1. The molecule has 2 heteroatoms. The summed E-state index contributed by atoms with van der Waals surface area (Å²) >= 11 is 0. The Hall–Kier alpha value is -0.340. The molecule has 2 nitrogen and oxygen atoms in total. The Morgan fingerprint density at radius 1 is 1.00 bits per heavy atom. The first-order valence-corrected chi connectivity index (χ1v) is 13.0. The van der Waals surface area contributed by atoms with Gasteiger partial charge in [0.05, 0.1) is 6.10 Å². The van der Waals surface area contributed by atoms with E-state index in [0.717, 1.165) is 60.4 Å². The zero-order valence-electron chi connectivity index (χ0n) is 19.2. The fourth-order valence-corrected chi connectivity index (χ4v) is 10.4. The SMILES string of the molecule is C[C@@H]1CC[C@@H]2[C@@H](C)[C@H]3[C@H](C[C@H]4[C@H]5CC=C6C[C@H](O)CC[C@@]6(C)[C@@H]5CC[C@@]34C)N2C1. The van der Waals surface area contributed by atoms with Crippen molar-refractivity contribution in [3.8, 4) is 0 Å². The molecule has 2 heterocycles. The summed E-state index contributed by atoms with van der Waals surface area (Å²) < 4.78 is 0. The van der Waals surface area contributed by atoms with Gasteiger partial charge in [0.2, 0.25) is 0 Å². The highest BCUT2D eigenvalue weighted by molar-refractivity contribution is 5.26. The van der Waals surface area contributed by atoms with Gasteiger partial charge < -0.3 is 5.11 Å². The minimum Gasteiger partial charge on any atom is -0.393 e. The van der Waals surface area contributed by atoms with E-state index in [1.54, 1.807) is 5.57 Å². The van der Waals surface area contributed by atoms with E-state index in [1.807, 2.05) is 0 Å². The first-order chi connectivity index (χ1) is 13.8. The second-order valence-corrected chi connectivity index (χ2v) is 12.8. The number of aliphatic hydroxyl groups is 1. The minimum absolute atomic E-state index is 0.0792. The van der Waals surface area contributed by atoms with E-state index in [1.165, 1.54) is 51.5 Å². The molecule has 0 aromatic rings. The summed E-state index contributed by atoms with van der Waals surface area (Å²) in [5, 5.41) is 10.3. The number of hydrogen-bond donors (Lipinski definition) is 1. The molecular formula is C27H43NO. The van der Waals surface area contributed by atoms with Crippen LogP contribution in [0, 0.1) is 46.3 Å². The fraction of sp³-hybridized carbons (Fsp3) is 0.926. The summed E-state index contributed by atoms with van der Waals surface area (Å²) in [5.74, 6) is 5.44. The Morgan fingerprint density at radius 3 is 2.66 bits per heavy atom. The van der Waals surface area contributed by atoms with Crippen LogP contribution in [0.4, 0.5) is 0 Å². The molecule has 6 aliphatic rings. The normalized spacial score (nSPS) is 59.2. The van der Waals surface area contributed by atoms with Gasteiger partial charge >= 0.3 is 0 Å². The predicted molar refractivity (Wildman–Crippen MR) is 118 cm³/mol. The third-order valence-corrected chi connectivity index (χ3v) is 11.7. The van der Waals surface area contributed by atoms with Crippen LogP contribution in [0.2, 0.25) is 0 Å². The van der Waals surface area contributed by atoms with Gasteiger partial charge in [-0.15, -0.1) is 0 Å². The van der Waals surface area contributed by atoms with Crippen molar-refractivity contribution in [2.75, 3.05) is 6.54 Å². The average Bonchev–Trinajstić information content (AvgIpc) is 3.15. The molecule has 0 bridgehead atoms. The number of aliphatic hydroxyl groups excluding tert-OH is 1. The molecule has 162 valence electrons. The van der Waals surface area contributed by atoms with Crippen LogP contribution in [-0.4, -0.2) is 34.7 Å². The van der Waals surface area contributed by atoms with Crippen molar-refractivity contribution in [2.24, 2.45) is 46.3 Å². The van der Waals surface area contributed by atoms with Crippen LogP contribution in [0.5, 0.6) is 0 Å². The Morgan fingerprint density at radius 2 is 1.83 bits per heavy atom. The standard InChI is InChI=1S/C27H43NO/c1-16-5-8-23-17(2)25-24(28(23)15-16)14-22-20-7-6-18-13-19(29)9-11-26(18,3)21(20)10-12-27(22,25)4/h6,16-17,19-25,29H,5,7-15H2,1-4H3/t16-,17-,19-,20+,21-,22+,23-,24+,25+,26-,27-/m1/s1. The molecule has 5 fully saturated rings. The molecule has 6 rings (SSSR count). The van der Waals surface area contributed by atoms with E-state index in [0.29, 0.717) is 10.8 Å². The Kier molecular flexibility index (Phi) is 4.23. The molecule has 4 aliphatic carbocycles. The molecule has 3 saturated carbocycles. The van der Waals surface area contributed by atoms with Crippen LogP contribution in [0.15, 0.2) is 11.6 Å². The second-order valence-electron chi connectivity index (χ2n) is 12.8. The van der Waals surface area contributed by atoms with Crippen molar-refractivity contribution in [1.82, 2.24) is 4.90 Å². The number of piperidine rings is 1. The van der Waals surface area contributed by atoms with Gasteiger partial charge in [0.15, 0.2) is 0 Å². The van der Waals surface area contributed by atoms with Crippen molar-refractivity contribution in [2.45, 2.75) is 104 Å². The molecule has 0 spiro atoms. The zero-order chi connectivity index (χ0) is 20.1. The number of rotatable bonds is 0. The molecule has 1 N–H and O–H groups in total. The molecule has 2 saturated heterocycles. The topological polar surface area (TPSA) is 23.5 Å². The number of allylic oxidation sites excluding steroid dienone is 1. The summed E-state index contributed by atoms with van der Waals surface area (Å²) in [7, 11) is 0. The quantitative estimate of drug-likeness (QED) is 0.534. The molecule has 2 aliphatic heterocycles. The molecule has 0 amide bonds. The number of fused-ring (bicyclic) bond motifs is 9. The van der Waals surface area contributed by atoms with E-state index in [2.05, 4.69) is 38.7 Å². The summed E-state index contributed by atoms with van der Waals surface area (Å²) in [6.07, 6.45) is 14.3. The van der Waals surface area contributed by atoms with Gasteiger partial charge in [0, 0.05) is 18.6 Å². The number of hydrogen-bond acceptors (Lipinski definition) is 2. The summed E-state index contributed by atoms with van der Waals surface area (Å²) in [6, 6.07) is 1.75. The molecule has 0 aromatic heterocycles. The summed E-state index contributed by atoms with van der Waals surface area (Å²) in [4.78, 5) is 3.02. The van der Waals surface area contributed by atoms with Crippen molar-refractivity contribution in [3.05, 3.63) is 11.6 Å². The smallest absolute Gasteiger partial charge is 0.0577 e. The highest BCUT2D eigenvalue weighted by atomic mass is 16.3. The largest absolute Gasteiger partial charge is 0.393 e. The lowest BCUT2D eigenvalue weighted by atomic mass is 9.47. The second kappa shape index (κ2) is 6.35. The Labute approximate surface area is 178 Å². The maximum atomic E-state index is 10.3. The van der Waals surface area contributed by atoms with Crippen molar-refractivity contribution in [3.63, 3.8) is 0 Å². The maximum absolute atomic E-state index is 10.3. The maximum Gasteiger partial charge on any atom is 0.0577 e. The van der Waals surface area contributed by atoms with Gasteiger partial charge in [-0.25, -0.2) is 0 Å². The van der Waals surface area contributed by atoms with Gasteiger partial charge in [-0.3, -0.25) is 4.90 Å². The van der Waals surface area contributed by atoms with Crippen LogP contribution in [0.25, 0.3) is 0 Å². The first kappa shape index (κ1) is 19.4. The Bertz CT molecular complexity index is 715. The monoisotopic (exact) mass is 397 g/mol. The first-order valence-electron chi connectivity index (χ1n) is 13.0. The Balaban J connectivity index is 1.33. The average molecular weight is 398 g/mol. The van der Waals surface area contributed by atoms with Crippen molar-refractivity contribution in [1.29, 1.82) is 0 Å². The highest BCUT2D eigenvalue weighted by Crippen LogP contribution is 2.69. The van der Waals surface area contributed by atoms with Crippen LogP contribution in [-0.2, 0) is 0 Å². The molecular weight excluding hydrogens is 354 g/mol. The predicted octanol–water partition coefficient (Wildman–Crippen LogP) is 5.66. The van der Waals surface area contributed by atoms with Gasteiger partial charge in [-0.2, -0.15) is 0 Å². The molecule has 0 aromatic carbocycles. The molecule has 29 heavy (non-hydrogen) atoms. The van der Waals surface area contributed by atoms with Crippen molar-refractivity contribution >= 4 is 0 Å². The van der Waals surface area contributed by atoms with E-state index in [9.17, 15) is 5.11 Å². The van der Waals surface area contributed by atoms with Crippen LogP contribution in [0.3, 0.4) is 0 Å². The lowest BCUT2D eigenvalue weighted by Crippen LogP contribution is -2.51. The van der Waals surface area contributed by atoms with Gasteiger partial charge in [0.25, 0.3) is 0 Å². The molecule has 11 atom stereocenters. The lowest BCUT2D eigenvalue weighted by molar-refractivity contribution is -0.0574. The third-order valence-electron chi connectivity index (χ3n) is 11.7. The zero-order valence-corrected chi connectivity index (χ0v) is 19.2. The fourth-order valence-electron chi connectivity index (χ4n) is 10.4. The van der Waals surface area contributed by atoms with Crippen LogP contribution >= 0.6 is 0 Å². The van der Waals surface area contributed by atoms with E-state index >= 15 is 0 Å². The minimum atomic E-state index is -0.0792. The van der Waals surface area contributed by atoms with Gasteiger partial charge in [0.1, 0.15) is 0 Å². The van der Waals surface area contributed by atoms with Crippen molar-refractivity contribution < 1.29 is 5.11 Å². The van der Waals surface area contributed by atoms with E-state index in [-0.39, 0.29) is 6.10 Å². The van der Waals surface area contributed by atoms with Crippen LogP contribution < -0.4 is 0 Å². The molecule has 0 unspecified atom stereocenters. The van der Waals surface area contributed by atoms with E-state index in [4.69, 9.17) is 0 Å². The van der Waals surface area contributed by atoms with Crippen LogP contribution in [0.1, 0.15) is 85.5 Å². The van der Waals surface area contributed by atoms with Gasteiger partial charge in [-0.05, 0) is 104 Å². The van der Waals surface area contributed by atoms with E-state index < -0.39 is 0 Å². The molecule has 0 radical (unpaired) electrons. The lowest BCUT2D eigenvalue weighted by Gasteiger charge is -2.58. The summed E-state index contributed by atoms with van der Waals surface area (Å²) in [6.45, 7) is 11.8. The highest BCUT2D eigenvalue weighted by Gasteiger charge is 2.66. The third kappa shape index (κ3) is 2.48.